The number of hydrogen-bond donors (Lipinski definition) is 3. The summed E-state index contributed by atoms with van der Waals surface area (Å²) in [5.74, 6) is 0.294. The van der Waals surface area contributed by atoms with Crippen LogP contribution in [-0.4, -0.2) is 27.7 Å². The summed E-state index contributed by atoms with van der Waals surface area (Å²) in [5.41, 5.74) is -0.393. The summed E-state index contributed by atoms with van der Waals surface area (Å²) in [6.45, 7) is 2.19. The van der Waals surface area contributed by atoms with Gasteiger partial charge < -0.3 is 15.4 Å². The van der Waals surface area contributed by atoms with E-state index in [1.807, 2.05) is 6.92 Å². The largest absolute Gasteiger partial charge is 0.391 e. The predicted octanol–water partition coefficient (Wildman–Crippen LogP) is 0.606. The van der Waals surface area contributed by atoms with E-state index in [0.29, 0.717) is 18.8 Å². The van der Waals surface area contributed by atoms with Crippen molar-refractivity contribution in [3.8, 4) is 0 Å². The van der Waals surface area contributed by atoms with Crippen molar-refractivity contribution in [2.75, 3.05) is 11.9 Å². The Balaban J connectivity index is 2.68. The minimum atomic E-state index is -0.466. The van der Waals surface area contributed by atoms with Crippen molar-refractivity contribution in [2.24, 2.45) is 0 Å². The number of hydrogen-bond acceptors (Lipinski definition) is 4. The molecule has 0 aliphatic rings. The van der Waals surface area contributed by atoms with Crippen molar-refractivity contribution in [3.05, 3.63) is 21.7 Å². The molecular formula is C8H12ClN3O2. The molecule has 14 heavy (non-hydrogen) atoms. The molecule has 0 aromatic carbocycles. The molecule has 1 heterocycles. The summed E-state index contributed by atoms with van der Waals surface area (Å²) in [4.78, 5) is 17.2. The minimum absolute atomic E-state index is 0.0100. The first-order chi connectivity index (χ1) is 6.65. The minimum Gasteiger partial charge on any atom is -0.391 e. The fourth-order valence-electron chi connectivity index (χ4n) is 0.865. The lowest BCUT2D eigenvalue weighted by Crippen LogP contribution is -2.20. The Morgan fingerprint density at radius 2 is 2.50 bits per heavy atom. The molecule has 3 N–H and O–H groups in total. The standard InChI is InChI=1S/C8H12ClN3O2/c1-2-5(13)3-10-7-6(9)8(14)12-4-11-7/h4-5,13H,2-3H2,1H3,(H2,10,11,12,14). The predicted molar refractivity (Wildman–Crippen MR) is 54.7 cm³/mol. The molecule has 1 aromatic heterocycles. The summed E-state index contributed by atoms with van der Waals surface area (Å²) in [7, 11) is 0. The Morgan fingerprint density at radius 1 is 1.79 bits per heavy atom. The van der Waals surface area contributed by atoms with Crippen molar-refractivity contribution in [3.63, 3.8) is 0 Å². The van der Waals surface area contributed by atoms with E-state index in [-0.39, 0.29) is 5.02 Å². The van der Waals surface area contributed by atoms with Gasteiger partial charge in [0, 0.05) is 6.54 Å². The summed E-state index contributed by atoms with van der Waals surface area (Å²) in [6, 6.07) is 0. The summed E-state index contributed by atoms with van der Waals surface area (Å²) in [5, 5.41) is 12.1. The van der Waals surface area contributed by atoms with Gasteiger partial charge in [-0.25, -0.2) is 4.98 Å². The highest BCUT2D eigenvalue weighted by Gasteiger charge is 2.06. The Labute approximate surface area is 86.1 Å². The van der Waals surface area contributed by atoms with Crippen LogP contribution >= 0.6 is 11.6 Å². The molecule has 0 fully saturated rings. The third kappa shape index (κ3) is 2.71. The molecule has 0 saturated carbocycles. The first kappa shape index (κ1) is 11.0. The molecule has 1 aromatic rings. The normalized spacial score (nSPS) is 12.5. The monoisotopic (exact) mass is 217 g/mol. The van der Waals surface area contributed by atoms with Gasteiger partial charge in [0.1, 0.15) is 5.02 Å². The van der Waals surface area contributed by atoms with E-state index in [1.54, 1.807) is 0 Å². The number of aliphatic hydroxyl groups excluding tert-OH is 1. The smallest absolute Gasteiger partial charge is 0.271 e. The molecule has 5 nitrogen and oxygen atoms in total. The fraction of sp³-hybridized carbons (Fsp3) is 0.500. The highest BCUT2D eigenvalue weighted by Crippen LogP contribution is 2.11. The second-order valence-corrected chi connectivity index (χ2v) is 3.22. The SMILES string of the molecule is CCC(O)CNc1nc[nH]c(=O)c1Cl. The number of aliphatic hydroxyl groups is 1. The van der Waals surface area contributed by atoms with Crippen LogP contribution in [0.2, 0.25) is 5.02 Å². The molecule has 78 valence electrons. The van der Waals surface area contributed by atoms with Crippen molar-refractivity contribution in [2.45, 2.75) is 19.4 Å². The number of anilines is 1. The van der Waals surface area contributed by atoms with Crippen LogP contribution in [0.4, 0.5) is 5.82 Å². The number of aromatic nitrogens is 2. The van der Waals surface area contributed by atoms with Crippen LogP contribution in [0.5, 0.6) is 0 Å². The van der Waals surface area contributed by atoms with Gasteiger partial charge in [-0.05, 0) is 6.42 Å². The zero-order valence-electron chi connectivity index (χ0n) is 7.75. The molecule has 0 saturated heterocycles. The van der Waals surface area contributed by atoms with E-state index in [2.05, 4.69) is 15.3 Å². The van der Waals surface area contributed by atoms with Gasteiger partial charge in [-0.2, -0.15) is 0 Å². The van der Waals surface area contributed by atoms with Crippen LogP contribution < -0.4 is 10.9 Å². The third-order valence-electron chi connectivity index (χ3n) is 1.77. The second-order valence-electron chi connectivity index (χ2n) is 2.84. The highest BCUT2D eigenvalue weighted by molar-refractivity contribution is 6.32. The average molecular weight is 218 g/mol. The number of nitrogens with zero attached hydrogens (tertiary/aromatic N) is 1. The van der Waals surface area contributed by atoms with Crippen LogP contribution in [-0.2, 0) is 0 Å². The summed E-state index contributed by atoms with van der Waals surface area (Å²) in [6.07, 6.45) is 1.43. The van der Waals surface area contributed by atoms with Gasteiger partial charge in [-0.15, -0.1) is 0 Å². The lowest BCUT2D eigenvalue weighted by molar-refractivity contribution is 0.183. The molecule has 1 atom stereocenters. The Bertz CT molecular complexity index is 353. The van der Waals surface area contributed by atoms with E-state index in [0.717, 1.165) is 0 Å². The van der Waals surface area contributed by atoms with E-state index in [1.165, 1.54) is 6.33 Å². The van der Waals surface area contributed by atoms with Gasteiger partial charge in [-0.3, -0.25) is 4.79 Å². The molecule has 1 rings (SSSR count). The van der Waals surface area contributed by atoms with Gasteiger partial charge in [0.05, 0.1) is 12.4 Å². The molecule has 0 radical (unpaired) electrons. The fourth-order valence-corrected chi connectivity index (χ4v) is 1.04. The first-order valence-corrected chi connectivity index (χ1v) is 4.68. The number of H-pyrrole nitrogens is 1. The average Bonchev–Trinajstić information content (AvgIpc) is 2.20. The van der Waals surface area contributed by atoms with Gasteiger partial charge in [-0.1, -0.05) is 18.5 Å². The zero-order chi connectivity index (χ0) is 10.6. The molecule has 0 amide bonds. The van der Waals surface area contributed by atoms with Crippen LogP contribution in [0.25, 0.3) is 0 Å². The van der Waals surface area contributed by atoms with Gasteiger partial charge in [0.15, 0.2) is 5.82 Å². The number of aromatic amines is 1. The molecular weight excluding hydrogens is 206 g/mol. The summed E-state index contributed by atoms with van der Waals surface area (Å²) >= 11 is 5.67. The Kier molecular flexibility index (Phi) is 3.91. The second kappa shape index (κ2) is 4.97. The van der Waals surface area contributed by atoms with E-state index in [9.17, 15) is 9.90 Å². The maximum absolute atomic E-state index is 11.0. The highest BCUT2D eigenvalue weighted by atomic mass is 35.5. The van der Waals surface area contributed by atoms with Gasteiger partial charge >= 0.3 is 0 Å². The van der Waals surface area contributed by atoms with E-state index >= 15 is 0 Å². The zero-order valence-corrected chi connectivity index (χ0v) is 8.51. The van der Waals surface area contributed by atoms with Crippen LogP contribution in [0.3, 0.4) is 0 Å². The third-order valence-corrected chi connectivity index (χ3v) is 2.12. The topological polar surface area (TPSA) is 78.0 Å². The quantitative estimate of drug-likeness (QED) is 0.691. The van der Waals surface area contributed by atoms with Crippen LogP contribution in [0.15, 0.2) is 11.1 Å². The van der Waals surface area contributed by atoms with Crippen LogP contribution in [0.1, 0.15) is 13.3 Å². The lowest BCUT2D eigenvalue weighted by Gasteiger charge is -2.09. The molecule has 1 unspecified atom stereocenters. The number of rotatable bonds is 4. The Morgan fingerprint density at radius 3 is 3.14 bits per heavy atom. The number of halogens is 1. The van der Waals surface area contributed by atoms with E-state index in [4.69, 9.17) is 11.6 Å². The van der Waals surface area contributed by atoms with Crippen molar-refractivity contribution in [1.82, 2.24) is 9.97 Å². The molecule has 0 aliphatic carbocycles. The van der Waals surface area contributed by atoms with Crippen molar-refractivity contribution < 1.29 is 5.11 Å². The maximum atomic E-state index is 11.0. The molecule has 0 bridgehead atoms. The molecule has 6 heteroatoms. The van der Waals surface area contributed by atoms with Crippen LogP contribution in [0, 0.1) is 0 Å². The van der Waals surface area contributed by atoms with E-state index < -0.39 is 11.7 Å². The van der Waals surface area contributed by atoms with Gasteiger partial charge in [0.25, 0.3) is 5.56 Å². The lowest BCUT2D eigenvalue weighted by atomic mass is 10.3. The van der Waals surface area contributed by atoms with Crippen molar-refractivity contribution in [1.29, 1.82) is 0 Å². The van der Waals surface area contributed by atoms with Gasteiger partial charge in [0.2, 0.25) is 0 Å². The van der Waals surface area contributed by atoms with Crippen molar-refractivity contribution >= 4 is 17.4 Å². The Hall–Kier alpha value is -1.07. The number of nitrogens with one attached hydrogen (secondary N) is 2. The molecule has 0 spiro atoms. The first-order valence-electron chi connectivity index (χ1n) is 4.30. The molecule has 0 aliphatic heterocycles. The maximum Gasteiger partial charge on any atom is 0.271 e. The summed E-state index contributed by atoms with van der Waals surface area (Å²) < 4.78 is 0.